The second-order valence-electron chi connectivity index (χ2n) is 4.39. The van der Waals surface area contributed by atoms with Gasteiger partial charge >= 0.3 is 5.97 Å². The molecule has 0 radical (unpaired) electrons. The van der Waals surface area contributed by atoms with Crippen LogP contribution in [0.2, 0.25) is 5.02 Å². The molecule has 0 unspecified atom stereocenters. The predicted octanol–water partition coefficient (Wildman–Crippen LogP) is 2.67. The molecule has 4 nitrogen and oxygen atoms in total. The maximum absolute atomic E-state index is 11.6. The van der Waals surface area contributed by atoms with Gasteiger partial charge in [0.25, 0.3) is 0 Å². The number of phenols is 1. The van der Waals surface area contributed by atoms with Gasteiger partial charge < -0.3 is 15.6 Å². The molecule has 0 heterocycles. The van der Waals surface area contributed by atoms with Gasteiger partial charge in [-0.05, 0) is 32.0 Å². The number of carbonyl (C=O) groups excluding carboxylic acids is 1. The first-order chi connectivity index (χ1) is 7.80. The van der Waals surface area contributed by atoms with Crippen LogP contribution < -0.4 is 5.73 Å². The van der Waals surface area contributed by atoms with Gasteiger partial charge in [-0.3, -0.25) is 4.79 Å². The molecule has 0 amide bonds. The SMILES string of the molecule is COC(=O)C(C)(C)[C@H](N)c1cc(Cl)ccc1O.Cl. The van der Waals surface area contributed by atoms with Gasteiger partial charge in [0.2, 0.25) is 0 Å². The van der Waals surface area contributed by atoms with Gasteiger partial charge in [0.05, 0.1) is 12.5 Å². The third-order valence-corrected chi connectivity index (χ3v) is 3.05. The van der Waals surface area contributed by atoms with E-state index in [4.69, 9.17) is 22.1 Å². The van der Waals surface area contributed by atoms with Gasteiger partial charge in [-0.2, -0.15) is 0 Å². The van der Waals surface area contributed by atoms with E-state index in [1.54, 1.807) is 26.0 Å². The van der Waals surface area contributed by atoms with Gasteiger partial charge in [-0.15, -0.1) is 12.4 Å². The number of hydrogen-bond donors (Lipinski definition) is 2. The molecule has 0 aliphatic heterocycles. The molecule has 1 rings (SSSR count). The second kappa shape index (κ2) is 6.27. The first-order valence-corrected chi connectivity index (χ1v) is 5.51. The van der Waals surface area contributed by atoms with Gasteiger partial charge in [0.1, 0.15) is 5.75 Å². The molecule has 3 N–H and O–H groups in total. The van der Waals surface area contributed by atoms with Crippen LogP contribution in [0.5, 0.6) is 5.75 Å². The minimum absolute atomic E-state index is 0. The summed E-state index contributed by atoms with van der Waals surface area (Å²) in [4.78, 5) is 11.6. The van der Waals surface area contributed by atoms with Crippen LogP contribution in [0, 0.1) is 5.41 Å². The number of esters is 1. The van der Waals surface area contributed by atoms with Crippen molar-refractivity contribution in [2.45, 2.75) is 19.9 Å². The lowest BCUT2D eigenvalue weighted by molar-refractivity contribution is -0.152. The zero-order valence-corrected chi connectivity index (χ0v) is 12.0. The Balaban J connectivity index is 0.00000289. The van der Waals surface area contributed by atoms with Gasteiger partial charge in [0.15, 0.2) is 0 Å². The third-order valence-electron chi connectivity index (χ3n) is 2.81. The van der Waals surface area contributed by atoms with Crippen molar-refractivity contribution in [2.24, 2.45) is 11.1 Å². The molecule has 102 valence electrons. The Hall–Kier alpha value is -0.970. The van der Waals surface area contributed by atoms with Crippen LogP contribution >= 0.6 is 24.0 Å². The topological polar surface area (TPSA) is 72.5 Å². The molecular weight excluding hydrogens is 277 g/mol. The summed E-state index contributed by atoms with van der Waals surface area (Å²) in [6.45, 7) is 3.31. The fraction of sp³-hybridized carbons (Fsp3) is 0.417. The number of rotatable bonds is 3. The molecule has 1 atom stereocenters. The fourth-order valence-electron chi connectivity index (χ4n) is 1.55. The van der Waals surface area contributed by atoms with Crippen LogP contribution in [0.3, 0.4) is 0 Å². The molecule has 1 aromatic carbocycles. The van der Waals surface area contributed by atoms with Crippen LogP contribution in [0.4, 0.5) is 0 Å². The molecule has 0 spiro atoms. The number of hydrogen-bond acceptors (Lipinski definition) is 4. The van der Waals surface area contributed by atoms with Crippen molar-refractivity contribution < 1.29 is 14.6 Å². The maximum Gasteiger partial charge on any atom is 0.313 e. The van der Waals surface area contributed by atoms with Crippen LogP contribution in [0.25, 0.3) is 0 Å². The largest absolute Gasteiger partial charge is 0.508 e. The number of benzene rings is 1. The average Bonchev–Trinajstić information content (AvgIpc) is 2.30. The minimum Gasteiger partial charge on any atom is -0.508 e. The molecule has 0 aromatic heterocycles. The number of methoxy groups -OCH3 is 1. The Morgan fingerprint density at radius 3 is 2.56 bits per heavy atom. The van der Waals surface area contributed by atoms with E-state index in [0.29, 0.717) is 10.6 Å². The summed E-state index contributed by atoms with van der Waals surface area (Å²) in [6.07, 6.45) is 0. The van der Waals surface area contributed by atoms with Gasteiger partial charge in [-0.1, -0.05) is 11.6 Å². The number of aromatic hydroxyl groups is 1. The lowest BCUT2D eigenvalue weighted by Gasteiger charge is -2.29. The van der Waals surface area contributed by atoms with Crippen LogP contribution in [-0.2, 0) is 9.53 Å². The smallest absolute Gasteiger partial charge is 0.313 e. The third kappa shape index (κ3) is 3.28. The van der Waals surface area contributed by atoms with E-state index in [9.17, 15) is 9.90 Å². The van der Waals surface area contributed by atoms with Crippen LogP contribution in [-0.4, -0.2) is 18.2 Å². The first kappa shape index (κ1) is 17.0. The highest BCUT2D eigenvalue weighted by atomic mass is 35.5. The molecule has 0 aliphatic carbocycles. The minimum atomic E-state index is -0.948. The molecule has 0 bridgehead atoms. The number of halogens is 2. The monoisotopic (exact) mass is 293 g/mol. The quantitative estimate of drug-likeness (QED) is 0.841. The summed E-state index contributed by atoms with van der Waals surface area (Å²) in [6, 6.07) is 3.85. The normalized spacial score (nSPS) is 12.5. The van der Waals surface area contributed by atoms with Crippen LogP contribution in [0.15, 0.2) is 18.2 Å². The van der Waals surface area contributed by atoms with E-state index >= 15 is 0 Å². The second-order valence-corrected chi connectivity index (χ2v) is 4.83. The zero-order chi connectivity index (χ0) is 13.2. The number of carbonyl (C=O) groups is 1. The molecule has 0 aliphatic rings. The Morgan fingerprint density at radius 2 is 2.06 bits per heavy atom. The van der Waals surface area contributed by atoms with E-state index in [1.807, 2.05) is 0 Å². The van der Waals surface area contributed by atoms with Gasteiger partial charge in [0, 0.05) is 16.6 Å². The van der Waals surface area contributed by atoms with Crippen LogP contribution in [0.1, 0.15) is 25.5 Å². The molecule has 0 saturated carbocycles. The van der Waals surface area contributed by atoms with E-state index in [2.05, 4.69) is 0 Å². The van der Waals surface area contributed by atoms with Crippen molar-refractivity contribution in [3.63, 3.8) is 0 Å². The molecular formula is C12H17Cl2NO3. The Labute approximate surface area is 117 Å². The van der Waals surface area contributed by atoms with Crippen molar-refractivity contribution >= 4 is 30.0 Å². The highest BCUT2D eigenvalue weighted by Gasteiger charge is 2.37. The molecule has 0 saturated heterocycles. The zero-order valence-electron chi connectivity index (χ0n) is 10.4. The standard InChI is InChI=1S/C12H16ClNO3.ClH/c1-12(2,11(16)17-3)10(14)8-6-7(13)4-5-9(8)15;/h4-6,10,15H,14H2,1-3H3;1H/t10-;/m1./s1. The van der Waals surface area contributed by atoms with Crippen molar-refractivity contribution in [1.29, 1.82) is 0 Å². The fourth-order valence-corrected chi connectivity index (χ4v) is 1.73. The lowest BCUT2D eigenvalue weighted by atomic mass is 9.81. The lowest BCUT2D eigenvalue weighted by Crippen LogP contribution is -2.37. The summed E-state index contributed by atoms with van der Waals surface area (Å²) in [5, 5.41) is 10.2. The summed E-state index contributed by atoms with van der Waals surface area (Å²) < 4.78 is 4.69. The Kier molecular flexibility index (Phi) is 5.93. The summed E-state index contributed by atoms with van der Waals surface area (Å²) in [5.74, 6) is -0.428. The number of phenolic OH excluding ortho intramolecular Hbond substituents is 1. The molecule has 18 heavy (non-hydrogen) atoms. The van der Waals surface area contributed by atoms with Crippen molar-refractivity contribution in [2.75, 3.05) is 7.11 Å². The summed E-state index contributed by atoms with van der Waals surface area (Å²) in [5.41, 5.74) is 5.48. The summed E-state index contributed by atoms with van der Waals surface area (Å²) >= 11 is 5.84. The maximum atomic E-state index is 11.6. The van der Waals surface area contributed by atoms with Crippen molar-refractivity contribution in [3.05, 3.63) is 28.8 Å². The number of nitrogens with two attached hydrogens (primary N) is 1. The Morgan fingerprint density at radius 1 is 1.50 bits per heavy atom. The van der Waals surface area contributed by atoms with Crippen molar-refractivity contribution in [1.82, 2.24) is 0 Å². The highest BCUT2D eigenvalue weighted by molar-refractivity contribution is 6.30. The molecule has 6 heteroatoms. The van der Waals surface area contributed by atoms with E-state index in [0.717, 1.165) is 0 Å². The number of ether oxygens (including phenoxy) is 1. The van der Waals surface area contributed by atoms with E-state index < -0.39 is 17.4 Å². The predicted molar refractivity (Wildman–Crippen MR) is 73.1 cm³/mol. The van der Waals surface area contributed by atoms with E-state index in [1.165, 1.54) is 13.2 Å². The Bertz CT molecular complexity index is 435. The van der Waals surface area contributed by atoms with Crippen molar-refractivity contribution in [3.8, 4) is 5.75 Å². The first-order valence-electron chi connectivity index (χ1n) is 5.13. The molecule has 0 fully saturated rings. The summed E-state index contributed by atoms with van der Waals surface area (Å²) in [7, 11) is 1.30. The highest BCUT2D eigenvalue weighted by Crippen LogP contribution is 2.37. The average molecular weight is 294 g/mol. The van der Waals surface area contributed by atoms with E-state index in [-0.39, 0.29) is 18.2 Å². The molecule has 1 aromatic rings. The van der Waals surface area contributed by atoms with Gasteiger partial charge in [-0.25, -0.2) is 0 Å².